The molecule has 1 aromatic heterocycles. The van der Waals surface area contributed by atoms with E-state index in [0.717, 1.165) is 10.9 Å². The van der Waals surface area contributed by atoms with Gasteiger partial charge in [-0.25, -0.2) is 0 Å². The Morgan fingerprint density at radius 3 is 2.53 bits per heavy atom. The first kappa shape index (κ1) is 14.2. The molecule has 1 heterocycles. The van der Waals surface area contributed by atoms with Crippen LogP contribution in [-0.4, -0.2) is 16.9 Å². The number of rotatable bonds is 3. The number of hydrogen-bond acceptors (Lipinski definition) is 1. The summed E-state index contributed by atoms with van der Waals surface area (Å²) in [5, 5.41) is 4.82. The summed E-state index contributed by atoms with van der Waals surface area (Å²) >= 11 is 12.0. The van der Waals surface area contributed by atoms with E-state index >= 15 is 0 Å². The highest BCUT2D eigenvalue weighted by Gasteiger charge is 2.15. The fourth-order valence-corrected chi connectivity index (χ4v) is 2.28. The molecule has 5 heteroatoms. The van der Waals surface area contributed by atoms with E-state index in [1.54, 1.807) is 18.2 Å². The van der Waals surface area contributed by atoms with Crippen LogP contribution in [0.3, 0.4) is 0 Å². The first-order chi connectivity index (χ1) is 8.88. The molecule has 0 aliphatic heterocycles. The Bertz CT molecular complexity index is 619. The predicted molar refractivity (Wildman–Crippen MR) is 80.1 cm³/mol. The van der Waals surface area contributed by atoms with E-state index < -0.39 is 0 Å². The van der Waals surface area contributed by atoms with E-state index in [1.807, 2.05) is 6.92 Å². The fraction of sp³-hybridized carbons (Fsp3) is 0.357. The molecule has 0 radical (unpaired) electrons. The third-order valence-corrected chi connectivity index (χ3v) is 3.79. The van der Waals surface area contributed by atoms with E-state index in [-0.39, 0.29) is 11.9 Å². The number of carbonyl (C=O) groups excluding carboxylic acids is 1. The third kappa shape index (κ3) is 3.04. The lowest BCUT2D eigenvalue weighted by atomic mass is 10.1. The molecule has 2 rings (SSSR count). The van der Waals surface area contributed by atoms with Gasteiger partial charge in [-0.1, -0.05) is 37.0 Å². The molecular formula is C14H16Cl2N2O. The summed E-state index contributed by atoms with van der Waals surface area (Å²) in [7, 11) is 0. The van der Waals surface area contributed by atoms with Crippen LogP contribution in [0.4, 0.5) is 0 Å². The van der Waals surface area contributed by atoms with Crippen molar-refractivity contribution >= 4 is 40.0 Å². The van der Waals surface area contributed by atoms with Crippen LogP contribution in [-0.2, 0) is 0 Å². The van der Waals surface area contributed by atoms with Gasteiger partial charge in [0.05, 0.1) is 5.02 Å². The molecule has 1 amide bonds. The van der Waals surface area contributed by atoms with Crippen LogP contribution in [0.25, 0.3) is 10.9 Å². The molecule has 0 aliphatic carbocycles. The van der Waals surface area contributed by atoms with Crippen LogP contribution in [0.15, 0.2) is 18.2 Å². The highest BCUT2D eigenvalue weighted by molar-refractivity contribution is 6.38. The molecule has 1 unspecified atom stereocenters. The van der Waals surface area contributed by atoms with Crippen LogP contribution in [0.2, 0.25) is 10.0 Å². The van der Waals surface area contributed by atoms with Crippen molar-refractivity contribution in [3.63, 3.8) is 0 Å². The summed E-state index contributed by atoms with van der Waals surface area (Å²) in [5.74, 6) is 0.246. The molecule has 102 valence electrons. The van der Waals surface area contributed by atoms with Gasteiger partial charge in [0.1, 0.15) is 5.69 Å². The van der Waals surface area contributed by atoms with Gasteiger partial charge < -0.3 is 10.3 Å². The number of aromatic nitrogens is 1. The SMILES string of the molecule is CC(C)C(C)NC(=O)c1cc2c(Cl)cc(Cl)cc2[nH]1. The van der Waals surface area contributed by atoms with Crippen molar-refractivity contribution in [3.05, 3.63) is 33.9 Å². The maximum atomic E-state index is 12.1. The summed E-state index contributed by atoms with van der Waals surface area (Å²) in [6, 6.07) is 5.28. The number of aromatic amines is 1. The van der Waals surface area contributed by atoms with Crippen molar-refractivity contribution in [1.29, 1.82) is 0 Å². The van der Waals surface area contributed by atoms with E-state index in [0.29, 0.717) is 21.7 Å². The van der Waals surface area contributed by atoms with Crippen molar-refractivity contribution in [2.24, 2.45) is 5.92 Å². The number of halogens is 2. The number of carbonyl (C=O) groups is 1. The Labute approximate surface area is 122 Å². The maximum Gasteiger partial charge on any atom is 0.267 e. The zero-order chi connectivity index (χ0) is 14.2. The molecule has 1 atom stereocenters. The van der Waals surface area contributed by atoms with Gasteiger partial charge in [0, 0.05) is 22.0 Å². The number of nitrogens with one attached hydrogen (secondary N) is 2. The van der Waals surface area contributed by atoms with Crippen molar-refractivity contribution < 1.29 is 4.79 Å². The first-order valence-electron chi connectivity index (χ1n) is 6.17. The molecule has 0 aliphatic rings. The zero-order valence-electron chi connectivity index (χ0n) is 11.1. The summed E-state index contributed by atoms with van der Waals surface area (Å²) < 4.78 is 0. The standard InChI is InChI=1S/C14H16Cl2N2O/c1-7(2)8(3)17-14(19)13-6-10-11(16)4-9(15)5-12(10)18-13/h4-8,18H,1-3H3,(H,17,19). The van der Waals surface area contributed by atoms with Crippen LogP contribution in [0, 0.1) is 5.92 Å². The molecule has 0 bridgehead atoms. The minimum Gasteiger partial charge on any atom is -0.350 e. The van der Waals surface area contributed by atoms with Gasteiger partial charge in [-0.3, -0.25) is 4.79 Å². The van der Waals surface area contributed by atoms with Crippen LogP contribution in [0.5, 0.6) is 0 Å². The monoisotopic (exact) mass is 298 g/mol. The molecule has 0 spiro atoms. The summed E-state index contributed by atoms with van der Waals surface area (Å²) in [6.07, 6.45) is 0. The normalized spacial score (nSPS) is 12.9. The molecule has 2 aromatic rings. The summed E-state index contributed by atoms with van der Waals surface area (Å²) in [6.45, 7) is 6.11. The summed E-state index contributed by atoms with van der Waals surface area (Å²) in [5.41, 5.74) is 1.26. The number of benzene rings is 1. The lowest BCUT2D eigenvalue weighted by Crippen LogP contribution is -2.36. The average molecular weight is 299 g/mol. The zero-order valence-corrected chi connectivity index (χ0v) is 12.6. The Balaban J connectivity index is 2.31. The number of hydrogen-bond donors (Lipinski definition) is 2. The number of amides is 1. The molecule has 0 fully saturated rings. The van der Waals surface area contributed by atoms with Crippen molar-refractivity contribution in [3.8, 4) is 0 Å². The van der Waals surface area contributed by atoms with E-state index in [4.69, 9.17) is 23.2 Å². The van der Waals surface area contributed by atoms with Crippen LogP contribution < -0.4 is 5.32 Å². The molecule has 1 aromatic carbocycles. The Kier molecular flexibility index (Phi) is 4.07. The maximum absolute atomic E-state index is 12.1. The van der Waals surface area contributed by atoms with Gasteiger partial charge in [-0.05, 0) is 31.0 Å². The Hall–Kier alpha value is -1.19. The van der Waals surface area contributed by atoms with E-state index in [9.17, 15) is 4.79 Å². The topological polar surface area (TPSA) is 44.9 Å². The second-order valence-corrected chi connectivity index (χ2v) is 5.88. The first-order valence-corrected chi connectivity index (χ1v) is 6.92. The molecule has 19 heavy (non-hydrogen) atoms. The van der Waals surface area contributed by atoms with Gasteiger partial charge in [0.25, 0.3) is 5.91 Å². The highest BCUT2D eigenvalue weighted by Crippen LogP contribution is 2.28. The minimum atomic E-state index is -0.135. The molecule has 3 nitrogen and oxygen atoms in total. The van der Waals surface area contributed by atoms with Crippen LogP contribution in [0.1, 0.15) is 31.3 Å². The Morgan fingerprint density at radius 1 is 1.21 bits per heavy atom. The molecular weight excluding hydrogens is 283 g/mol. The van der Waals surface area contributed by atoms with Gasteiger partial charge in [0.2, 0.25) is 0 Å². The summed E-state index contributed by atoms with van der Waals surface area (Å²) in [4.78, 5) is 15.1. The van der Waals surface area contributed by atoms with Crippen molar-refractivity contribution in [1.82, 2.24) is 10.3 Å². The smallest absolute Gasteiger partial charge is 0.267 e. The van der Waals surface area contributed by atoms with E-state index in [1.165, 1.54) is 0 Å². The van der Waals surface area contributed by atoms with Gasteiger partial charge in [-0.2, -0.15) is 0 Å². The largest absolute Gasteiger partial charge is 0.350 e. The highest BCUT2D eigenvalue weighted by atomic mass is 35.5. The van der Waals surface area contributed by atoms with Crippen molar-refractivity contribution in [2.75, 3.05) is 0 Å². The quantitative estimate of drug-likeness (QED) is 0.874. The third-order valence-electron chi connectivity index (χ3n) is 3.26. The van der Waals surface area contributed by atoms with Crippen molar-refractivity contribution in [2.45, 2.75) is 26.8 Å². The minimum absolute atomic E-state index is 0.109. The molecule has 2 N–H and O–H groups in total. The number of H-pyrrole nitrogens is 1. The fourth-order valence-electron chi connectivity index (χ4n) is 1.73. The van der Waals surface area contributed by atoms with Crippen LogP contribution >= 0.6 is 23.2 Å². The van der Waals surface area contributed by atoms with Gasteiger partial charge in [-0.15, -0.1) is 0 Å². The molecule has 0 saturated heterocycles. The average Bonchev–Trinajstić information content (AvgIpc) is 2.72. The molecule has 0 saturated carbocycles. The predicted octanol–water partition coefficient (Wildman–Crippen LogP) is 4.25. The van der Waals surface area contributed by atoms with E-state index in [2.05, 4.69) is 24.1 Å². The number of fused-ring (bicyclic) bond motifs is 1. The lowest BCUT2D eigenvalue weighted by molar-refractivity contribution is 0.0926. The second-order valence-electron chi connectivity index (χ2n) is 5.04. The Morgan fingerprint density at radius 2 is 1.89 bits per heavy atom. The lowest BCUT2D eigenvalue weighted by Gasteiger charge is -2.16. The van der Waals surface area contributed by atoms with Gasteiger partial charge >= 0.3 is 0 Å². The second kappa shape index (κ2) is 5.43. The van der Waals surface area contributed by atoms with Gasteiger partial charge in [0.15, 0.2) is 0 Å².